The fourth-order valence-corrected chi connectivity index (χ4v) is 2.50. The maximum atomic E-state index is 13.5. The van der Waals surface area contributed by atoms with Crippen LogP contribution in [0.2, 0.25) is 5.02 Å². The minimum atomic E-state index is -1.70. The van der Waals surface area contributed by atoms with Gasteiger partial charge in [0.25, 0.3) is 0 Å². The molecule has 0 fully saturated rings. The van der Waals surface area contributed by atoms with Crippen LogP contribution in [0.25, 0.3) is 11.4 Å². The minimum absolute atomic E-state index is 0.0466. The second-order valence-corrected chi connectivity index (χ2v) is 6.50. The Morgan fingerprint density at radius 2 is 1.73 bits per heavy atom. The third-order valence-corrected chi connectivity index (χ3v) is 4.14. The first-order valence-electron chi connectivity index (χ1n) is 8.62. The molecular weight excluding hydrogens is 425 g/mol. The second-order valence-electron chi connectivity index (χ2n) is 6.07. The number of anilines is 1. The van der Waals surface area contributed by atoms with E-state index in [4.69, 9.17) is 16.1 Å². The third-order valence-electron chi connectivity index (χ3n) is 3.89. The molecule has 0 atom stereocenters. The molecule has 0 aliphatic carbocycles. The van der Waals surface area contributed by atoms with Gasteiger partial charge in [0.05, 0.1) is 12.2 Å². The molecule has 0 aliphatic heterocycles. The molecule has 0 unspecified atom stereocenters. The van der Waals surface area contributed by atoms with Gasteiger partial charge in [-0.2, -0.15) is 4.98 Å². The van der Waals surface area contributed by atoms with Crippen LogP contribution in [0.3, 0.4) is 0 Å². The fraction of sp³-hybridized carbons (Fsp3) is 0.158. The molecule has 0 aliphatic rings. The number of nitrogens with zero attached hydrogens (tertiary/aromatic N) is 2. The van der Waals surface area contributed by atoms with Gasteiger partial charge in [-0.25, -0.2) is 13.2 Å². The van der Waals surface area contributed by atoms with Crippen molar-refractivity contribution in [2.75, 3.05) is 11.9 Å². The predicted molar refractivity (Wildman–Crippen MR) is 101 cm³/mol. The highest BCUT2D eigenvalue weighted by atomic mass is 35.5. The summed E-state index contributed by atoms with van der Waals surface area (Å²) in [5.74, 6) is -5.34. The van der Waals surface area contributed by atoms with Gasteiger partial charge in [0.1, 0.15) is 0 Å². The highest BCUT2D eigenvalue weighted by Crippen LogP contribution is 2.20. The van der Waals surface area contributed by atoms with Crippen LogP contribution >= 0.6 is 11.6 Å². The summed E-state index contributed by atoms with van der Waals surface area (Å²) < 4.78 is 44.6. The van der Waals surface area contributed by atoms with Gasteiger partial charge in [0.2, 0.25) is 23.5 Å². The van der Waals surface area contributed by atoms with Crippen LogP contribution in [-0.2, 0) is 16.0 Å². The Hall–Kier alpha value is -3.40. The molecule has 0 saturated heterocycles. The normalized spacial score (nSPS) is 10.7. The van der Waals surface area contributed by atoms with Gasteiger partial charge in [-0.3, -0.25) is 9.59 Å². The minimum Gasteiger partial charge on any atom is -0.347 e. The maximum Gasteiger partial charge on any atom is 0.243 e. The Morgan fingerprint density at radius 1 is 1.00 bits per heavy atom. The molecule has 1 heterocycles. The summed E-state index contributed by atoms with van der Waals surface area (Å²) in [6, 6.07) is 8.35. The monoisotopic (exact) mass is 438 g/mol. The summed E-state index contributed by atoms with van der Waals surface area (Å²) in [6.45, 7) is -0.489. The Labute approximate surface area is 173 Å². The molecule has 3 aromatic rings. The van der Waals surface area contributed by atoms with Crippen molar-refractivity contribution in [3.05, 3.63) is 64.8 Å². The van der Waals surface area contributed by atoms with E-state index in [1.807, 2.05) is 5.32 Å². The van der Waals surface area contributed by atoms with E-state index in [0.29, 0.717) is 22.5 Å². The van der Waals surface area contributed by atoms with E-state index in [1.54, 1.807) is 24.3 Å². The first-order valence-corrected chi connectivity index (χ1v) is 9.00. The SMILES string of the molecule is O=C(CCc1nc(-c2ccc(Cl)cc2)no1)NCC(=O)Nc1ccc(F)c(F)c1F. The number of hydrogen-bond donors (Lipinski definition) is 2. The second kappa shape index (κ2) is 9.40. The van der Waals surface area contributed by atoms with Gasteiger partial charge < -0.3 is 15.2 Å². The molecule has 156 valence electrons. The van der Waals surface area contributed by atoms with Gasteiger partial charge >= 0.3 is 0 Å². The highest BCUT2D eigenvalue weighted by molar-refractivity contribution is 6.30. The van der Waals surface area contributed by atoms with E-state index in [1.165, 1.54) is 0 Å². The van der Waals surface area contributed by atoms with E-state index >= 15 is 0 Å². The van der Waals surface area contributed by atoms with Crippen molar-refractivity contribution in [1.82, 2.24) is 15.5 Å². The zero-order valence-corrected chi connectivity index (χ0v) is 16.0. The average molecular weight is 439 g/mol. The predicted octanol–water partition coefficient (Wildman–Crippen LogP) is 3.49. The summed E-state index contributed by atoms with van der Waals surface area (Å²) in [6.07, 6.45) is 0.0842. The Morgan fingerprint density at radius 3 is 2.47 bits per heavy atom. The molecule has 1 aromatic heterocycles. The lowest BCUT2D eigenvalue weighted by molar-refractivity contribution is -0.124. The summed E-state index contributed by atoms with van der Waals surface area (Å²) in [5, 5.41) is 8.75. The number of carbonyl (C=O) groups is 2. The molecule has 2 N–H and O–H groups in total. The number of aromatic nitrogens is 2. The molecular formula is C19H14ClF3N4O3. The van der Waals surface area contributed by atoms with E-state index in [2.05, 4.69) is 15.5 Å². The van der Waals surface area contributed by atoms with Crippen LogP contribution in [0.15, 0.2) is 40.9 Å². The molecule has 0 spiro atoms. The van der Waals surface area contributed by atoms with E-state index in [0.717, 1.165) is 6.07 Å². The molecule has 11 heteroatoms. The molecule has 7 nitrogen and oxygen atoms in total. The highest BCUT2D eigenvalue weighted by Gasteiger charge is 2.16. The molecule has 3 rings (SSSR count). The van der Waals surface area contributed by atoms with Crippen molar-refractivity contribution < 1.29 is 27.3 Å². The summed E-state index contributed by atoms with van der Waals surface area (Å²) in [5.41, 5.74) is 0.161. The van der Waals surface area contributed by atoms with Crippen molar-refractivity contribution in [3.63, 3.8) is 0 Å². The van der Waals surface area contributed by atoms with Gasteiger partial charge in [-0.15, -0.1) is 0 Å². The zero-order valence-electron chi connectivity index (χ0n) is 15.2. The molecule has 0 bridgehead atoms. The van der Waals surface area contributed by atoms with Crippen LogP contribution in [0.4, 0.5) is 18.9 Å². The summed E-state index contributed by atoms with van der Waals surface area (Å²) in [4.78, 5) is 27.8. The smallest absolute Gasteiger partial charge is 0.243 e. The molecule has 2 amide bonds. The van der Waals surface area contributed by atoms with Gasteiger partial charge in [0.15, 0.2) is 17.5 Å². The van der Waals surface area contributed by atoms with Crippen molar-refractivity contribution >= 4 is 29.1 Å². The lowest BCUT2D eigenvalue weighted by Crippen LogP contribution is -2.33. The van der Waals surface area contributed by atoms with Gasteiger partial charge in [-0.05, 0) is 36.4 Å². The number of hydrogen-bond acceptors (Lipinski definition) is 5. The maximum absolute atomic E-state index is 13.5. The molecule has 0 saturated carbocycles. The summed E-state index contributed by atoms with van der Waals surface area (Å²) in [7, 11) is 0. The van der Waals surface area contributed by atoms with E-state index < -0.39 is 41.5 Å². The van der Waals surface area contributed by atoms with Gasteiger partial charge in [0, 0.05) is 23.4 Å². The van der Waals surface area contributed by atoms with Crippen molar-refractivity contribution in [2.45, 2.75) is 12.8 Å². The number of aryl methyl sites for hydroxylation is 1. The standard InChI is InChI=1S/C19H14ClF3N4O3/c20-11-3-1-10(2-4-11)19-26-16(30-27-19)8-7-14(28)24-9-15(29)25-13-6-5-12(21)17(22)18(13)23/h1-6H,7-9H2,(H,24,28)(H,25,29). The topological polar surface area (TPSA) is 97.1 Å². The quantitative estimate of drug-likeness (QED) is 0.550. The van der Waals surface area contributed by atoms with Crippen LogP contribution in [0, 0.1) is 17.5 Å². The molecule has 0 radical (unpaired) electrons. The zero-order chi connectivity index (χ0) is 21.7. The average Bonchev–Trinajstić information content (AvgIpc) is 3.21. The molecule has 30 heavy (non-hydrogen) atoms. The van der Waals surface area contributed by atoms with E-state index in [9.17, 15) is 22.8 Å². The van der Waals surface area contributed by atoms with Crippen molar-refractivity contribution in [2.24, 2.45) is 0 Å². The van der Waals surface area contributed by atoms with Crippen LogP contribution in [-0.4, -0.2) is 28.5 Å². The van der Waals surface area contributed by atoms with Crippen molar-refractivity contribution in [3.8, 4) is 11.4 Å². The van der Waals surface area contributed by atoms with Crippen LogP contribution in [0.1, 0.15) is 12.3 Å². The number of benzene rings is 2. The number of carbonyl (C=O) groups excluding carboxylic acids is 2. The number of rotatable bonds is 7. The fourth-order valence-electron chi connectivity index (χ4n) is 2.38. The van der Waals surface area contributed by atoms with Crippen LogP contribution in [0.5, 0.6) is 0 Å². The van der Waals surface area contributed by atoms with Gasteiger partial charge in [-0.1, -0.05) is 16.8 Å². The lowest BCUT2D eigenvalue weighted by atomic mass is 10.2. The first kappa shape index (κ1) is 21.3. The van der Waals surface area contributed by atoms with Crippen LogP contribution < -0.4 is 10.6 Å². The Balaban J connectivity index is 1.45. The van der Waals surface area contributed by atoms with Crippen molar-refractivity contribution in [1.29, 1.82) is 0 Å². The van der Waals surface area contributed by atoms with E-state index in [-0.39, 0.29) is 18.7 Å². The number of amides is 2. The number of nitrogens with one attached hydrogen (secondary N) is 2. The Bertz CT molecular complexity index is 1070. The third kappa shape index (κ3) is 5.35. The number of halogens is 4. The first-order chi connectivity index (χ1) is 14.3. The lowest BCUT2D eigenvalue weighted by Gasteiger charge is -2.08. The Kier molecular flexibility index (Phi) is 6.68. The molecule has 2 aromatic carbocycles. The largest absolute Gasteiger partial charge is 0.347 e. The summed E-state index contributed by atoms with van der Waals surface area (Å²) >= 11 is 5.82.